The Labute approximate surface area is 97.2 Å². The van der Waals surface area contributed by atoms with E-state index in [2.05, 4.69) is 11.9 Å². The molecule has 0 saturated heterocycles. The van der Waals surface area contributed by atoms with Gasteiger partial charge in [0.05, 0.1) is 11.4 Å². The molecular formula is C13H19N3. The molecule has 0 aromatic carbocycles. The molecule has 0 unspecified atom stereocenters. The smallest absolute Gasteiger partial charge is 0.122 e. The van der Waals surface area contributed by atoms with Crippen LogP contribution in [-0.4, -0.2) is 5.84 Å². The van der Waals surface area contributed by atoms with Crippen LogP contribution in [0.15, 0.2) is 60.5 Å². The molecule has 0 aliphatic carbocycles. The van der Waals surface area contributed by atoms with Gasteiger partial charge < -0.3 is 11.1 Å². The van der Waals surface area contributed by atoms with Crippen LogP contribution < -0.4 is 11.1 Å². The molecule has 0 aromatic rings. The molecule has 0 spiro atoms. The normalized spacial score (nSPS) is 13.4. The van der Waals surface area contributed by atoms with E-state index in [1.807, 2.05) is 32.1 Å². The number of rotatable bonds is 5. The summed E-state index contributed by atoms with van der Waals surface area (Å²) in [4.78, 5) is 0. The zero-order chi connectivity index (χ0) is 12.4. The predicted molar refractivity (Wildman–Crippen MR) is 71.0 cm³/mol. The van der Waals surface area contributed by atoms with Gasteiger partial charge in [-0.3, -0.25) is 5.41 Å². The molecule has 0 fully saturated rings. The van der Waals surface area contributed by atoms with Crippen molar-refractivity contribution in [1.82, 2.24) is 5.32 Å². The lowest BCUT2D eigenvalue weighted by atomic mass is 10.2. The molecule has 0 saturated carbocycles. The van der Waals surface area contributed by atoms with Crippen LogP contribution in [0, 0.1) is 5.41 Å². The summed E-state index contributed by atoms with van der Waals surface area (Å²) in [6, 6.07) is 0. The van der Waals surface area contributed by atoms with E-state index in [0.717, 1.165) is 0 Å². The summed E-state index contributed by atoms with van der Waals surface area (Å²) in [5, 5.41) is 10.5. The molecule has 3 nitrogen and oxygen atoms in total. The molecule has 0 bridgehead atoms. The van der Waals surface area contributed by atoms with Crippen LogP contribution in [0.25, 0.3) is 0 Å². The third kappa shape index (κ3) is 5.65. The van der Waals surface area contributed by atoms with E-state index >= 15 is 0 Å². The quantitative estimate of drug-likeness (QED) is 0.376. The largest absolute Gasteiger partial charge is 0.397 e. The number of nitrogens with one attached hydrogen (secondary N) is 2. The molecule has 4 N–H and O–H groups in total. The maximum absolute atomic E-state index is 7.63. The highest BCUT2D eigenvalue weighted by molar-refractivity contribution is 5.92. The molecule has 0 radical (unpaired) electrons. The maximum Gasteiger partial charge on any atom is 0.122 e. The lowest BCUT2D eigenvalue weighted by Crippen LogP contribution is -2.21. The van der Waals surface area contributed by atoms with Crippen LogP contribution in [-0.2, 0) is 0 Å². The molecule has 0 aliphatic heterocycles. The summed E-state index contributed by atoms with van der Waals surface area (Å²) in [6.07, 6.45) is 12.2. The van der Waals surface area contributed by atoms with Crippen molar-refractivity contribution in [2.75, 3.05) is 0 Å². The zero-order valence-corrected chi connectivity index (χ0v) is 9.83. The van der Waals surface area contributed by atoms with Crippen molar-refractivity contribution in [1.29, 1.82) is 5.41 Å². The van der Waals surface area contributed by atoms with Gasteiger partial charge in [0.25, 0.3) is 0 Å². The van der Waals surface area contributed by atoms with Gasteiger partial charge in [-0.25, -0.2) is 0 Å². The Morgan fingerprint density at radius 3 is 2.31 bits per heavy atom. The van der Waals surface area contributed by atoms with Crippen molar-refractivity contribution in [3.8, 4) is 0 Å². The molecule has 0 atom stereocenters. The average molecular weight is 217 g/mol. The Hall–Kier alpha value is -2.03. The fourth-order valence-electron chi connectivity index (χ4n) is 0.997. The zero-order valence-electron chi connectivity index (χ0n) is 9.83. The molecule has 86 valence electrons. The van der Waals surface area contributed by atoms with E-state index < -0.39 is 0 Å². The van der Waals surface area contributed by atoms with E-state index in [-0.39, 0.29) is 5.84 Å². The van der Waals surface area contributed by atoms with E-state index in [9.17, 15) is 0 Å². The fraction of sp³-hybridized carbons (Fsp3) is 0.154. The van der Waals surface area contributed by atoms with Crippen molar-refractivity contribution in [3.05, 3.63) is 60.5 Å². The summed E-state index contributed by atoms with van der Waals surface area (Å²) in [6.45, 7) is 7.33. The second-order valence-electron chi connectivity index (χ2n) is 3.00. The lowest BCUT2D eigenvalue weighted by Gasteiger charge is -2.07. The number of hydrogen-bond acceptors (Lipinski definition) is 2. The van der Waals surface area contributed by atoms with Gasteiger partial charge in [-0.2, -0.15) is 0 Å². The van der Waals surface area contributed by atoms with Gasteiger partial charge in [0.15, 0.2) is 0 Å². The Balaban J connectivity index is 4.83. The summed E-state index contributed by atoms with van der Waals surface area (Å²) < 4.78 is 0. The summed E-state index contributed by atoms with van der Waals surface area (Å²) in [5.74, 6) is 0.264. The summed E-state index contributed by atoms with van der Waals surface area (Å²) >= 11 is 0. The molecule has 0 amide bonds. The molecule has 3 heteroatoms. The van der Waals surface area contributed by atoms with Crippen LogP contribution in [0.1, 0.15) is 13.8 Å². The SMILES string of the molecule is C=C/C=C\C(=N)NC(/C=C\C)=C(N)/C=C\C. The van der Waals surface area contributed by atoms with Crippen molar-refractivity contribution in [2.24, 2.45) is 5.73 Å². The number of hydrogen-bond donors (Lipinski definition) is 3. The van der Waals surface area contributed by atoms with E-state index in [1.54, 1.807) is 24.3 Å². The standard InChI is InChI=1S/C13H19N3/c1-4-7-10-13(15)16-12(9-6-3)11(14)8-5-2/h4-10H,1,14H2,2-3H3,(H2,15,16)/b8-5-,9-6-,10-7-,12-11-. The Morgan fingerprint density at radius 1 is 1.19 bits per heavy atom. The lowest BCUT2D eigenvalue weighted by molar-refractivity contribution is 1.11. The molecular weight excluding hydrogens is 198 g/mol. The predicted octanol–water partition coefficient (Wildman–Crippen LogP) is 2.62. The van der Waals surface area contributed by atoms with Crippen LogP contribution in [0.2, 0.25) is 0 Å². The van der Waals surface area contributed by atoms with Crippen LogP contribution in [0.3, 0.4) is 0 Å². The molecule has 0 aromatic heterocycles. The summed E-state index contributed by atoms with van der Waals surface area (Å²) in [7, 11) is 0. The van der Waals surface area contributed by atoms with Gasteiger partial charge in [0.2, 0.25) is 0 Å². The third-order valence-electron chi connectivity index (χ3n) is 1.66. The Bertz CT molecular complexity index is 357. The molecule has 16 heavy (non-hydrogen) atoms. The summed E-state index contributed by atoms with van der Waals surface area (Å²) in [5.41, 5.74) is 7.13. The van der Waals surface area contributed by atoms with E-state index in [4.69, 9.17) is 11.1 Å². The van der Waals surface area contributed by atoms with Gasteiger partial charge in [-0.1, -0.05) is 30.9 Å². The maximum atomic E-state index is 7.63. The Morgan fingerprint density at radius 2 is 1.81 bits per heavy atom. The first kappa shape index (κ1) is 14.0. The van der Waals surface area contributed by atoms with Gasteiger partial charge >= 0.3 is 0 Å². The van der Waals surface area contributed by atoms with Gasteiger partial charge in [0, 0.05) is 0 Å². The van der Waals surface area contributed by atoms with E-state index in [1.165, 1.54) is 0 Å². The average Bonchev–Trinajstić information content (AvgIpc) is 2.26. The van der Waals surface area contributed by atoms with Gasteiger partial charge in [-0.05, 0) is 32.1 Å². The van der Waals surface area contributed by atoms with E-state index in [0.29, 0.717) is 11.4 Å². The first-order chi connectivity index (χ1) is 7.65. The topological polar surface area (TPSA) is 61.9 Å². The highest BCUT2D eigenvalue weighted by atomic mass is 14.9. The third-order valence-corrected chi connectivity index (χ3v) is 1.66. The fourth-order valence-corrected chi connectivity index (χ4v) is 0.997. The highest BCUT2D eigenvalue weighted by Gasteiger charge is 1.98. The first-order valence-corrected chi connectivity index (χ1v) is 5.05. The minimum absolute atomic E-state index is 0.264. The minimum atomic E-state index is 0.264. The number of allylic oxidation sites excluding steroid dienone is 6. The first-order valence-electron chi connectivity index (χ1n) is 5.05. The van der Waals surface area contributed by atoms with Crippen LogP contribution in [0.4, 0.5) is 0 Å². The second kappa shape index (κ2) is 8.29. The van der Waals surface area contributed by atoms with Crippen molar-refractivity contribution in [3.63, 3.8) is 0 Å². The van der Waals surface area contributed by atoms with Crippen molar-refractivity contribution >= 4 is 5.84 Å². The second-order valence-corrected chi connectivity index (χ2v) is 3.00. The monoisotopic (exact) mass is 217 g/mol. The Kier molecular flexibility index (Phi) is 7.24. The van der Waals surface area contributed by atoms with Crippen LogP contribution >= 0.6 is 0 Å². The van der Waals surface area contributed by atoms with Crippen molar-refractivity contribution < 1.29 is 0 Å². The number of amidine groups is 1. The highest BCUT2D eigenvalue weighted by Crippen LogP contribution is 1.99. The molecule has 0 rings (SSSR count). The van der Waals surface area contributed by atoms with Crippen molar-refractivity contribution in [2.45, 2.75) is 13.8 Å². The minimum Gasteiger partial charge on any atom is -0.397 e. The number of nitrogens with two attached hydrogens (primary N) is 1. The van der Waals surface area contributed by atoms with Gasteiger partial charge in [-0.15, -0.1) is 0 Å². The molecule has 0 heterocycles. The van der Waals surface area contributed by atoms with Crippen LogP contribution in [0.5, 0.6) is 0 Å². The molecule has 0 aliphatic rings. The van der Waals surface area contributed by atoms with Gasteiger partial charge in [0.1, 0.15) is 5.84 Å².